The Labute approximate surface area is 132 Å². The van der Waals surface area contributed by atoms with Crippen LogP contribution in [0.25, 0.3) is 0 Å². The molecule has 1 aromatic rings. The Kier molecular flexibility index (Phi) is 5.03. The van der Waals surface area contributed by atoms with Crippen molar-refractivity contribution in [1.29, 1.82) is 0 Å². The predicted molar refractivity (Wildman–Crippen MR) is 80.4 cm³/mol. The topological polar surface area (TPSA) is 46.6 Å². The number of likely N-dealkylation sites (tertiary alicyclic amines) is 1. The summed E-state index contributed by atoms with van der Waals surface area (Å²) >= 11 is 8.25. The second-order valence-corrected chi connectivity index (χ2v) is 8.08. The maximum atomic E-state index is 12.3. The number of nitrogens with zero attached hydrogens (tertiary/aromatic N) is 1. The van der Waals surface area contributed by atoms with Gasteiger partial charge in [-0.15, -0.1) is 11.3 Å². The molecule has 0 radical (unpaired) electrons. The molecule has 1 saturated heterocycles. The van der Waals surface area contributed by atoms with Gasteiger partial charge in [-0.25, -0.2) is 0 Å². The third-order valence-electron chi connectivity index (χ3n) is 3.20. The molecule has 4 nitrogen and oxygen atoms in total. The molecule has 1 amide bonds. The predicted octanol–water partition coefficient (Wildman–Crippen LogP) is 3.30. The standard InChI is InChI=1S/C12H13Br2NO3S/c1-18-12(17)7-2-4-15(5-3-7)11(16)8-6-9(13)19-10(8)14/h6-7H,2-5H2,1H3. The smallest absolute Gasteiger partial charge is 0.308 e. The highest BCUT2D eigenvalue weighted by atomic mass is 79.9. The van der Waals surface area contributed by atoms with Gasteiger partial charge in [0.05, 0.1) is 26.2 Å². The van der Waals surface area contributed by atoms with Gasteiger partial charge in [-0.1, -0.05) is 0 Å². The van der Waals surface area contributed by atoms with Gasteiger partial charge in [-0.3, -0.25) is 9.59 Å². The highest BCUT2D eigenvalue weighted by molar-refractivity contribution is 9.12. The molecule has 1 aliphatic rings. The maximum Gasteiger partial charge on any atom is 0.308 e. The molecule has 0 saturated carbocycles. The van der Waals surface area contributed by atoms with Gasteiger partial charge in [0.1, 0.15) is 0 Å². The molecule has 2 rings (SSSR count). The molecule has 7 heteroatoms. The fourth-order valence-electron chi connectivity index (χ4n) is 2.14. The molecule has 2 heterocycles. The van der Waals surface area contributed by atoms with E-state index in [0.29, 0.717) is 31.5 Å². The first kappa shape index (κ1) is 15.0. The van der Waals surface area contributed by atoms with E-state index in [0.717, 1.165) is 7.57 Å². The van der Waals surface area contributed by atoms with E-state index in [1.54, 1.807) is 4.90 Å². The van der Waals surface area contributed by atoms with Gasteiger partial charge < -0.3 is 9.64 Å². The average molecular weight is 411 g/mol. The van der Waals surface area contributed by atoms with E-state index in [2.05, 4.69) is 31.9 Å². The maximum absolute atomic E-state index is 12.3. The van der Waals surface area contributed by atoms with E-state index >= 15 is 0 Å². The zero-order chi connectivity index (χ0) is 14.0. The molecule has 19 heavy (non-hydrogen) atoms. The molecule has 1 aliphatic heterocycles. The van der Waals surface area contributed by atoms with E-state index in [9.17, 15) is 9.59 Å². The Morgan fingerprint density at radius 1 is 1.37 bits per heavy atom. The summed E-state index contributed by atoms with van der Waals surface area (Å²) in [5.74, 6) is -0.240. The zero-order valence-corrected chi connectivity index (χ0v) is 14.3. The number of hydrogen-bond donors (Lipinski definition) is 0. The lowest BCUT2D eigenvalue weighted by Crippen LogP contribution is -2.40. The molecule has 0 bridgehead atoms. The first-order valence-electron chi connectivity index (χ1n) is 5.85. The highest BCUT2D eigenvalue weighted by Gasteiger charge is 2.29. The molecule has 0 atom stereocenters. The monoisotopic (exact) mass is 409 g/mol. The van der Waals surface area contributed by atoms with Crippen molar-refractivity contribution in [1.82, 2.24) is 4.90 Å². The van der Waals surface area contributed by atoms with Crippen molar-refractivity contribution in [2.24, 2.45) is 5.92 Å². The summed E-state index contributed by atoms with van der Waals surface area (Å²) in [6.07, 6.45) is 1.34. The number of methoxy groups -OCH3 is 1. The summed E-state index contributed by atoms with van der Waals surface area (Å²) in [6, 6.07) is 1.82. The van der Waals surface area contributed by atoms with Crippen LogP contribution in [0, 0.1) is 5.92 Å². The summed E-state index contributed by atoms with van der Waals surface area (Å²) in [4.78, 5) is 25.6. The van der Waals surface area contributed by atoms with Gasteiger partial charge >= 0.3 is 5.97 Å². The number of amides is 1. The number of carbonyl (C=O) groups excluding carboxylic acids is 2. The lowest BCUT2D eigenvalue weighted by atomic mass is 9.97. The van der Waals surface area contributed by atoms with Crippen molar-refractivity contribution in [3.63, 3.8) is 0 Å². The van der Waals surface area contributed by atoms with Crippen molar-refractivity contribution in [2.75, 3.05) is 20.2 Å². The Hall–Kier alpha value is -0.400. The molecule has 1 fully saturated rings. The van der Waals surface area contributed by atoms with Crippen LogP contribution in [0.15, 0.2) is 13.6 Å². The van der Waals surface area contributed by atoms with Gasteiger partial charge in [0, 0.05) is 13.1 Å². The second-order valence-electron chi connectivity index (χ2n) is 4.33. The van der Waals surface area contributed by atoms with Crippen LogP contribution in [-0.2, 0) is 9.53 Å². The summed E-state index contributed by atoms with van der Waals surface area (Å²) in [5.41, 5.74) is 0.674. The fourth-order valence-corrected chi connectivity index (χ4v) is 4.92. The minimum Gasteiger partial charge on any atom is -0.469 e. The number of thiophene rings is 1. The Bertz CT molecular complexity index is 495. The lowest BCUT2D eigenvalue weighted by molar-refractivity contribution is -0.146. The first-order valence-corrected chi connectivity index (χ1v) is 8.25. The van der Waals surface area contributed by atoms with Gasteiger partial charge in [0.2, 0.25) is 0 Å². The van der Waals surface area contributed by atoms with Crippen molar-refractivity contribution < 1.29 is 14.3 Å². The molecular weight excluding hydrogens is 398 g/mol. The minimum atomic E-state index is -0.174. The normalized spacial score (nSPS) is 16.5. The van der Waals surface area contributed by atoms with Gasteiger partial charge in [0.25, 0.3) is 5.91 Å². The Balaban J connectivity index is 2.00. The van der Waals surface area contributed by atoms with E-state index in [1.807, 2.05) is 6.07 Å². The molecular formula is C12H13Br2NO3S. The second kappa shape index (κ2) is 6.37. The molecule has 0 spiro atoms. The molecule has 0 N–H and O–H groups in total. The summed E-state index contributed by atoms with van der Waals surface area (Å²) < 4.78 is 6.49. The van der Waals surface area contributed by atoms with Crippen LogP contribution in [0.1, 0.15) is 23.2 Å². The molecule has 0 aliphatic carbocycles. The highest BCUT2D eigenvalue weighted by Crippen LogP contribution is 2.33. The first-order chi connectivity index (χ1) is 9.02. The SMILES string of the molecule is COC(=O)C1CCN(C(=O)c2cc(Br)sc2Br)CC1. The Morgan fingerprint density at radius 3 is 2.47 bits per heavy atom. The number of hydrogen-bond acceptors (Lipinski definition) is 4. The van der Waals surface area contributed by atoms with Crippen LogP contribution in [0.5, 0.6) is 0 Å². The summed E-state index contributed by atoms with van der Waals surface area (Å²) in [5, 5.41) is 0. The van der Waals surface area contributed by atoms with Gasteiger partial charge in [-0.05, 0) is 50.8 Å². The van der Waals surface area contributed by atoms with Gasteiger partial charge in [-0.2, -0.15) is 0 Å². The summed E-state index contributed by atoms with van der Waals surface area (Å²) in [6.45, 7) is 1.19. The largest absolute Gasteiger partial charge is 0.469 e. The third-order valence-corrected chi connectivity index (χ3v) is 5.54. The van der Waals surface area contributed by atoms with Crippen molar-refractivity contribution in [3.8, 4) is 0 Å². The molecule has 0 unspecified atom stereocenters. The number of esters is 1. The minimum absolute atomic E-state index is 0.0112. The number of rotatable bonds is 2. The van der Waals surface area contributed by atoms with Crippen molar-refractivity contribution in [2.45, 2.75) is 12.8 Å². The zero-order valence-electron chi connectivity index (χ0n) is 10.3. The van der Waals surface area contributed by atoms with Crippen LogP contribution in [-0.4, -0.2) is 37.0 Å². The lowest BCUT2D eigenvalue weighted by Gasteiger charge is -2.30. The summed E-state index contributed by atoms with van der Waals surface area (Å²) in [7, 11) is 1.40. The number of halogens is 2. The van der Waals surface area contributed by atoms with Crippen LogP contribution in [0.2, 0.25) is 0 Å². The molecule has 1 aromatic heterocycles. The number of ether oxygens (including phenoxy) is 1. The Morgan fingerprint density at radius 2 is 2.00 bits per heavy atom. The third kappa shape index (κ3) is 3.38. The fraction of sp³-hybridized carbons (Fsp3) is 0.500. The number of piperidine rings is 1. The quantitative estimate of drug-likeness (QED) is 0.702. The van der Waals surface area contributed by atoms with Crippen LogP contribution in [0.3, 0.4) is 0 Å². The van der Waals surface area contributed by atoms with Crippen LogP contribution in [0.4, 0.5) is 0 Å². The molecule has 0 aromatic carbocycles. The van der Waals surface area contributed by atoms with E-state index in [-0.39, 0.29) is 17.8 Å². The van der Waals surface area contributed by atoms with Crippen LogP contribution >= 0.6 is 43.2 Å². The molecule has 104 valence electrons. The van der Waals surface area contributed by atoms with E-state index in [4.69, 9.17) is 4.74 Å². The number of carbonyl (C=O) groups is 2. The van der Waals surface area contributed by atoms with Gasteiger partial charge in [0.15, 0.2) is 0 Å². The van der Waals surface area contributed by atoms with E-state index in [1.165, 1.54) is 18.4 Å². The van der Waals surface area contributed by atoms with Crippen molar-refractivity contribution in [3.05, 3.63) is 19.2 Å². The van der Waals surface area contributed by atoms with E-state index < -0.39 is 0 Å². The van der Waals surface area contributed by atoms with Crippen LogP contribution < -0.4 is 0 Å². The van der Waals surface area contributed by atoms with Crippen molar-refractivity contribution >= 4 is 55.1 Å². The average Bonchev–Trinajstić information content (AvgIpc) is 2.76.